The normalized spacial score (nSPS) is 13.3. The highest BCUT2D eigenvalue weighted by atomic mass is 32.2. The summed E-state index contributed by atoms with van der Waals surface area (Å²) in [6.45, 7) is 0. The number of aromatic amines is 1. The van der Waals surface area contributed by atoms with Crippen LogP contribution in [0, 0.1) is 0 Å². The number of hydrogen-bond acceptors (Lipinski definition) is 6. The molecule has 166 valence electrons. The first kappa shape index (κ1) is 21.6. The van der Waals surface area contributed by atoms with Crippen molar-refractivity contribution in [1.82, 2.24) is 15.4 Å². The number of thiophene rings is 1. The number of hydrogen-bond donors (Lipinski definition) is 2. The first-order chi connectivity index (χ1) is 16.2. The van der Waals surface area contributed by atoms with Gasteiger partial charge in [-0.25, -0.2) is 10.4 Å². The first-order valence-corrected chi connectivity index (χ1v) is 12.7. The summed E-state index contributed by atoms with van der Waals surface area (Å²) in [5, 5.41) is 6.99. The van der Waals surface area contributed by atoms with Gasteiger partial charge in [-0.05, 0) is 47.9 Å². The van der Waals surface area contributed by atoms with Crippen LogP contribution in [0.25, 0.3) is 21.3 Å². The van der Waals surface area contributed by atoms with Crippen molar-refractivity contribution in [1.29, 1.82) is 0 Å². The van der Waals surface area contributed by atoms with Crippen LogP contribution in [0.1, 0.15) is 29.5 Å². The van der Waals surface area contributed by atoms with E-state index >= 15 is 0 Å². The molecule has 6 nitrogen and oxygen atoms in total. The molecule has 8 heteroatoms. The monoisotopic (exact) mass is 474 g/mol. The van der Waals surface area contributed by atoms with Crippen LogP contribution in [0.2, 0.25) is 0 Å². The van der Waals surface area contributed by atoms with Crippen LogP contribution < -0.4 is 11.0 Å². The highest BCUT2D eigenvalue weighted by molar-refractivity contribution is 7.99. The van der Waals surface area contributed by atoms with Gasteiger partial charge in [-0.15, -0.1) is 11.3 Å². The molecule has 2 heterocycles. The third-order valence-corrected chi connectivity index (χ3v) is 7.37. The molecule has 0 atom stereocenters. The van der Waals surface area contributed by atoms with Crippen molar-refractivity contribution >= 4 is 45.4 Å². The summed E-state index contributed by atoms with van der Waals surface area (Å²) in [5.74, 6) is -0.167. The smallest absolute Gasteiger partial charge is 0.260 e. The second-order valence-corrected chi connectivity index (χ2v) is 9.71. The summed E-state index contributed by atoms with van der Waals surface area (Å²) in [5.41, 5.74) is 7.99. The minimum absolute atomic E-state index is 0.101. The number of hydrazone groups is 1. The van der Waals surface area contributed by atoms with Crippen molar-refractivity contribution in [2.45, 2.75) is 30.8 Å². The number of amides is 1. The quantitative estimate of drug-likeness (QED) is 0.182. The van der Waals surface area contributed by atoms with Gasteiger partial charge in [0, 0.05) is 10.9 Å². The summed E-state index contributed by atoms with van der Waals surface area (Å²) in [6.07, 6.45) is 6.28. The molecule has 0 saturated heterocycles. The predicted octanol–water partition coefficient (Wildman–Crippen LogP) is 4.77. The molecule has 0 unspecified atom stereocenters. The van der Waals surface area contributed by atoms with E-state index in [-0.39, 0.29) is 17.2 Å². The molecule has 0 saturated carbocycles. The number of aromatic nitrogens is 2. The number of fused-ring (bicyclic) bond motifs is 2. The van der Waals surface area contributed by atoms with Crippen LogP contribution >= 0.6 is 23.1 Å². The fraction of sp³-hybridized carbons (Fsp3) is 0.200. The Balaban J connectivity index is 1.29. The number of nitrogens with zero attached hydrogens (tertiary/aromatic N) is 2. The molecule has 0 bridgehead atoms. The third-order valence-electron chi connectivity index (χ3n) is 5.62. The Morgan fingerprint density at radius 3 is 2.82 bits per heavy atom. The van der Waals surface area contributed by atoms with E-state index in [0.29, 0.717) is 15.4 Å². The summed E-state index contributed by atoms with van der Waals surface area (Å²) in [4.78, 5) is 33.1. The maximum Gasteiger partial charge on any atom is 0.260 e. The van der Waals surface area contributed by atoms with Gasteiger partial charge >= 0.3 is 0 Å². The molecule has 1 aliphatic carbocycles. The van der Waals surface area contributed by atoms with E-state index < -0.39 is 0 Å². The van der Waals surface area contributed by atoms with E-state index in [0.717, 1.165) is 29.5 Å². The van der Waals surface area contributed by atoms with Crippen LogP contribution in [-0.2, 0) is 17.6 Å². The number of rotatable bonds is 6. The van der Waals surface area contributed by atoms with Gasteiger partial charge in [-0.2, -0.15) is 5.10 Å². The number of aryl methyl sites for hydroxylation is 2. The number of nitrogens with one attached hydrogen (secondary N) is 2. The van der Waals surface area contributed by atoms with Gasteiger partial charge < -0.3 is 4.98 Å². The van der Waals surface area contributed by atoms with Gasteiger partial charge in [0.2, 0.25) is 0 Å². The van der Waals surface area contributed by atoms with Gasteiger partial charge in [0.05, 0.1) is 17.4 Å². The molecule has 2 aromatic carbocycles. The van der Waals surface area contributed by atoms with Gasteiger partial charge in [-0.3, -0.25) is 9.59 Å². The molecular weight excluding hydrogens is 452 g/mol. The molecule has 2 aromatic heterocycles. The predicted molar refractivity (Wildman–Crippen MR) is 135 cm³/mol. The van der Waals surface area contributed by atoms with Crippen molar-refractivity contribution < 1.29 is 4.79 Å². The first-order valence-electron chi connectivity index (χ1n) is 10.8. The van der Waals surface area contributed by atoms with Crippen molar-refractivity contribution in [3.63, 3.8) is 0 Å². The molecule has 1 amide bonds. The van der Waals surface area contributed by atoms with Gasteiger partial charge in [-0.1, -0.05) is 60.3 Å². The Kier molecular flexibility index (Phi) is 6.37. The van der Waals surface area contributed by atoms with E-state index in [2.05, 4.69) is 38.7 Å². The second kappa shape index (κ2) is 9.72. The number of carbonyl (C=O) groups excluding carboxylic acids is 1. The Bertz CT molecular complexity index is 1390. The summed E-state index contributed by atoms with van der Waals surface area (Å²) in [6, 6.07) is 16.0. The molecule has 1 aliphatic rings. The van der Waals surface area contributed by atoms with Crippen molar-refractivity contribution in [2.24, 2.45) is 5.10 Å². The molecule has 0 fully saturated rings. The molecule has 4 aromatic rings. The second-order valence-electron chi connectivity index (χ2n) is 7.88. The largest absolute Gasteiger partial charge is 0.301 e. The fourth-order valence-corrected chi connectivity index (χ4v) is 5.65. The van der Waals surface area contributed by atoms with Crippen molar-refractivity contribution in [2.75, 3.05) is 5.75 Å². The third kappa shape index (κ3) is 4.91. The average molecular weight is 475 g/mol. The maximum absolute atomic E-state index is 12.9. The average Bonchev–Trinajstić information content (AvgIpc) is 3.28. The maximum atomic E-state index is 12.9. The zero-order valence-electron chi connectivity index (χ0n) is 17.8. The number of H-pyrrole nitrogens is 1. The van der Waals surface area contributed by atoms with Crippen molar-refractivity contribution in [3.05, 3.63) is 81.0 Å². The van der Waals surface area contributed by atoms with Crippen LogP contribution in [0.4, 0.5) is 0 Å². The van der Waals surface area contributed by atoms with Crippen molar-refractivity contribution in [3.8, 4) is 11.1 Å². The van der Waals surface area contributed by atoms with Gasteiger partial charge in [0.1, 0.15) is 4.83 Å². The summed E-state index contributed by atoms with van der Waals surface area (Å²) >= 11 is 2.63. The topological polar surface area (TPSA) is 87.2 Å². The lowest BCUT2D eigenvalue weighted by Crippen LogP contribution is -2.20. The molecular formula is C25H22N4O2S2. The lowest BCUT2D eigenvalue weighted by Gasteiger charge is -2.16. The fourth-order valence-electron chi connectivity index (χ4n) is 4.00. The molecule has 0 aliphatic heterocycles. The van der Waals surface area contributed by atoms with Crippen LogP contribution in [0.5, 0.6) is 0 Å². The summed E-state index contributed by atoms with van der Waals surface area (Å²) in [7, 11) is 0. The lowest BCUT2D eigenvalue weighted by atomic mass is 9.89. The van der Waals surface area contributed by atoms with Gasteiger partial charge in [0.15, 0.2) is 5.16 Å². The number of carbonyl (C=O) groups is 1. The molecule has 5 rings (SSSR count). The highest BCUT2D eigenvalue weighted by Crippen LogP contribution is 2.34. The number of thioether (sulfide) groups is 1. The zero-order valence-corrected chi connectivity index (χ0v) is 19.5. The van der Waals surface area contributed by atoms with E-state index in [1.165, 1.54) is 47.1 Å². The Morgan fingerprint density at radius 2 is 1.97 bits per heavy atom. The molecule has 33 heavy (non-hydrogen) atoms. The van der Waals surface area contributed by atoms with Crippen LogP contribution in [0.3, 0.4) is 0 Å². The van der Waals surface area contributed by atoms with Crippen LogP contribution in [-0.4, -0.2) is 27.8 Å². The lowest BCUT2D eigenvalue weighted by molar-refractivity contribution is -0.118. The Labute approximate surface area is 199 Å². The summed E-state index contributed by atoms with van der Waals surface area (Å²) < 4.78 is 0. The minimum atomic E-state index is -0.268. The molecule has 0 spiro atoms. The van der Waals surface area contributed by atoms with E-state index in [4.69, 9.17) is 0 Å². The highest BCUT2D eigenvalue weighted by Gasteiger charge is 2.16. The van der Waals surface area contributed by atoms with Crippen LogP contribution in [0.15, 0.2) is 69.0 Å². The molecule has 2 N–H and O–H groups in total. The molecule has 0 radical (unpaired) electrons. The van der Waals surface area contributed by atoms with E-state index in [9.17, 15) is 9.59 Å². The Hall–Kier alpha value is -3.23. The van der Waals surface area contributed by atoms with E-state index in [1.807, 2.05) is 35.7 Å². The van der Waals surface area contributed by atoms with E-state index in [1.54, 1.807) is 6.21 Å². The van der Waals surface area contributed by atoms with Gasteiger partial charge in [0.25, 0.3) is 11.5 Å². The SMILES string of the molecule is O=C(CSc1nc2scc(-c3ccc4c(c3)CCCC4)c2c(=O)[nH]1)N/N=C/c1ccccc1. The minimum Gasteiger partial charge on any atom is -0.301 e. The standard InChI is InChI=1S/C25H22N4O2S2/c30-21(29-26-13-16-6-2-1-3-7-16)15-33-25-27-23(31)22-20(14-32-24(22)28-25)19-11-10-17-8-4-5-9-18(17)12-19/h1-3,6-7,10-14H,4-5,8-9,15H2,(H,29,30)(H,27,28,31)/b26-13+. The number of benzene rings is 2. The zero-order chi connectivity index (χ0) is 22.6. The Morgan fingerprint density at radius 1 is 1.15 bits per heavy atom.